The van der Waals surface area contributed by atoms with E-state index in [-0.39, 0.29) is 11.6 Å². The molecule has 0 spiro atoms. The predicted molar refractivity (Wildman–Crippen MR) is 71.5 cm³/mol. The topological polar surface area (TPSA) is 17.1 Å². The summed E-state index contributed by atoms with van der Waals surface area (Å²) in [6, 6.07) is 8.10. The molecule has 1 aromatic heterocycles. The Bertz CT molecular complexity index is 508. The number of hydrogen-bond donors (Lipinski definition) is 0. The standard InChI is InChI=1S/C12H8FIOS/c13-8-3-4-10(11(14)6-8)12(15)7-9-2-1-5-16-9/h1-6H,7H2. The third kappa shape index (κ3) is 2.68. The molecule has 0 bridgehead atoms. The molecule has 0 fully saturated rings. The van der Waals surface area contributed by atoms with E-state index < -0.39 is 0 Å². The van der Waals surface area contributed by atoms with Gasteiger partial charge >= 0.3 is 0 Å². The Morgan fingerprint density at radius 1 is 1.38 bits per heavy atom. The van der Waals surface area contributed by atoms with E-state index in [1.165, 1.54) is 12.1 Å². The van der Waals surface area contributed by atoms with Gasteiger partial charge in [-0.2, -0.15) is 0 Å². The summed E-state index contributed by atoms with van der Waals surface area (Å²) in [5.74, 6) is -0.274. The molecule has 0 aliphatic rings. The first-order valence-electron chi connectivity index (χ1n) is 4.67. The van der Waals surface area contributed by atoms with Gasteiger partial charge in [0.05, 0.1) is 0 Å². The van der Waals surface area contributed by atoms with E-state index in [2.05, 4.69) is 0 Å². The van der Waals surface area contributed by atoms with Crippen LogP contribution >= 0.6 is 33.9 Å². The van der Waals surface area contributed by atoms with Crippen molar-refractivity contribution in [1.82, 2.24) is 0 Å². The molecule has 0 saturated heterocycles. The molecule has 1 nitrogen and oxygen atoms in total. The number of halogens is 2. The van der Waals surface area contributed by atoms with Gasteiger partial charge in [-0.05, 0) is 52.2 Å². The van der Waals surface area contributed by atoms with E-state index in [1.54, 1.807) is 17.4 Å². The van der Waals surface area contributed by atoms with Crippen LogP contribution in [0.1, 0.15) is 15.2 Å². The molecular weight excluding hydrogens is 338 g/mol. The zero-order chi connectivity index (χ0) is 11.5. The summed E-state index contributed by atoms with van der Waals surface area (Å²) in [5, 5.41) is 1.94. The second-order valence-electron chi connectivity index (χ2n) is 3.30. The van der Waals surface area contributed by atoms with Crippen molar-refractivity contribution in [3.63, 3.8) is 0 Å². The Kier molecular flexibility index (Phi) is 3.70. The number of Topliss-reactive ketones (excluding diaryl/α,β-unsaturated/α-hetero) is 1. The van der Waals surface area contributed by atoms with Gasteiger partial charge in [-0.25, -0.2) is 4.39 Å². The fourth-order valence-electron chi connectivity index (χ4n) is 1.38. The molecule has 0 atom stereocenters. The molecule has 0 aliphatic carbocycles. The van der Waals surface area contributed by atoms with Gasteiger partial charge in [-0.15, -0.1) is 11.3 Å². The number of benzene rings is 1. The van der Waals surface area contributed by atoms with E-state index in [1.807, 2.05) is 40.1 Å². The van der Waals surface area contributed by atoms with Gasteiger partial charge in [0.1, 0.15) is 5.82 Å². The van der Waals surface area contributed by atoms with Gasteiger partial charge < -0.3 is 0 Å². The summed E-state index contributed by atoms with van der Waals surface area (Å²) < 4.78 is 13.5. The van der Waals surface area contributed by atoms with E-state index in [0.717, 1.165) is 4.88 Å². The van der Waals surface area contributed by atoms with Crippen molar-refractivity contribution < 1.29 is 9.18 Å². The maximum absolute atomic E-state index is 12.9. The highest BCUT2D eigenvalue weighted by Gasteiger charge is 2.11. The van der Waals surface area contributed by atoms with Crippen LogP contribution in [-0.4, -0.2) is 5.78 Å². The van der Waals surface area contributed by atoms with Crippen LogP contribution in [0.2, 0.25) is 0 Å². The molecule has 0 radical (unpaired) electrons. The predicted octanol–water partition coefficient (Wildman–Crippen LogP) is 3.92. The number of rotatable bonds is 3. The van der Waals surface area contributed by atoms with Crippen molar-refractivity contribution >= 4 is 39.7 Å². The first kappa shape index (κ1) is 11.7. The third-order valence-electron chi connectivity index (χ3n) is 2.15. The molecule has 1 aromatic carbocycles. The average molecular weight is 346 g/mol. The number of carbonyl (C=O) groups excluding carboxylic acids is 1. The third-order valence-corrected chi connectivity index (χ3v) is 3.92. The minimum absolute atomic E-state index is 0.0341. The molecule has 2 aromatic rings. The van der Waals surface area contributed by atoms with Crippen molar-refractivity contribution in [2.45, 2.75) is 6.42 Å². The van der Waals surface area contributed by atoms with Crippen molar-refractivity contribution in [1.29, 1.82) is 0 Å². The SMILES string of the molecule is O=C(Cc1cccs1)c1ccc(F)cc1I. The van der Waals surface area contributed by atoms with Crippen LogP contribution in [0.4, 0.5) is 4.39 Å². The molecule has 4 heteroatoms. The number of carbonyl (C=O) groups is 1. The minimum atomic E-state index is -0.308. The molecule has 0 saturated carbocycles. The molecular formula is C12H8FIOS. The summed E-state index contributed by atoms with van der Waals surface area (Å²) in [5.41, 5.74) is 0.593. The Morgan fingerprint density at radius 2 is 2.19 bits per heavy atom. The molecule has 1 heterocycles. The van der Waals surface area contributed by atoms with Crippen molar-refractivity contribution in [3.8, 4) is 0 Å². The first-order valence-corrected chi connectivity index (χ1v) is 6.63. The summed E-state index contributed by atoms with van der Waals surface area (Å²) >= 11 is 3.54. The molecule has 0 amide bonds. The molecule has 82 valence electrons. The summed E-state index contributed by atoms with van der Waals surface area (Å²) in [4.78, 5) is 13.0. The fourth-order valence-corrected chi connectivity index (χ4v) is 2.86. The molecule has 2 rings (SSSR count). The smallest absolute Gasteiger partial charge is 0.169 e. The second-order valence-corrected chi connectivity index (χ2v) is 5.50. The average Bonchev–Trinajstić information content (AvgIpc) is 2.70. The maximum Gasteiger partial charge on any atom is 0.169 e. The van der Waals surface area contributed by atoms with Crippen LogP contribution in [0, 0.1) is 9.39 Å². The van der Waals surface area contributed by atoms with Crippen molar-refractivity contribution in [2.75, 3.05) is 0 Å². The van der Waals surface area contributed by atoms with Gasteiger partial charge in [-0.3, -0.25) is 4.79 Å². The van der Waals surface area contributed by atoms with Gasteiger partial charge in [0.2, 0.25) is 0 Å². The van der Waals surface area contributed by atoms with Crippen LogP contribution < -0.4 is 0 Å². The molecule has 16 heavy (non-hydrogen) atoms. The molecule has 0 aliphatic heterocycles. The Labute approximate surface area is 110 Å². The fraction of sp³-hybridized carbons (Fsp3) is 0.0833. The monoisotopic (exact) mass is 346 g/mol. The second kappa shape index (κ2) is 5.05. The highest BCUT2D eigenvalue weighted by Crippen LogP contribution is 2.18. The lowest BCUT2D eigenvalue weighted by Crippen LogP contribution is -2.04. The summed E-state index contributed by atoms with van der Waals surface area (Å²) in [6.07, 6.45) is 0.388. The Morgan fingerprint density at radius 3 is 2.81 bits per heavy atom. The normalized spacial score (nSPS) is 10.4. The maximum atomic E-state index is 12.9. The quantitative estimate of drug-likeness (QED) is 0.608. The highest BCUT2D eigenvalue weighted by atomic mass is 127. The number of thiophene rings is 1. The molecule has 0 N–H and O–H groups in total. The van der Waals surface area contributed by atoms with Gasteiger partial charge in [0.15, 0.2) is 5.78 Å². The highest BCUT2D eigenvalue weighted by molar-refractivity contribution is 14.1. The first-order chi connectivity index (χ1) is 7.66. The van der Waals surface area contributed by atoms with Crippen LogP contribution in [0.5, 0.6) is 0 Å². The largest absolute Gasteiger partial charge is 0.294 e. The number of ketones is 1. The van der Waals surface area contributed by atoms with Crippen LogP contribution in [0.25, 0.3) is 0 Å². The van der Waals surface area contributed by atoms with Crippen LogP contribution in [0.3, 0.4) is 0 Å². The van der Waals surface area contributed by atoms with E-state index in [0.29, 0.717) is 15.6 Å². The lowest BCUT2D eigenvalue weighted by atomic mass is 10.1. The zero-order valence-corrected chi connectivity index (χ0v) is 11.2. The number of hydrogen-bond acceptors (Lipinski definition) is 2. The van der Waals surface area contributed by atoms with Crippen molar-refractivity contribution in [3.05, 3.63) is 55.5 Å². The van der Waals surface area contributed by atoms with Crippen LogP contribution in [0.15, 0.2) is 35.7 Å². The lowest BCUT2D eigenvalue weighted by molar-refractivity contribution is 0.0993. The van der Waals surface area contributed by atoms with Gasteiger partial charge in [0.25, 0.3) is 0 Å². The van der Waals surface area contributed by atoms with Crippen molar-refractivity contribution in [2.24, 2.45) is 0 Å². The Hall–Kier alpha value is -0.750. The summed E-state index contributed by atoms with van der Waals surface area (Å²) in [7, 11) is 0. The lowest BCUT2D eigenvalue weighted by Gasteiger charge is -2.02. The van der Waals surface area contributed by atoms with E-state index in [9.17, 15) is 9.18 Å². The summed E-state index contributed by atoms with van der Waals surface area (Å²) in [6.45, 7) is 0. The van der Waals surface area contributed by atoms with Gasteiger partial charge in [-0.1, -0.05) is 6.07 Å². The molecule has 0 unspecified atom stereocenters. The Balaban J connectivity index is 2.21. The van der Waals surface area contributed by atoms with E-state index >= 15 is 0 Å². The van der Waals surface area contributed by atoms with E-state index in [4.69, 9.17) is 0 Å². The zero-order valence-electron chi connectivity index (χ0n) is 8.24. The minimum Gasteiger partial charge on any atom is -0.294 e. The van der Waals surface area contributed by atoms with Crippen LogP contribution in [-0.2, 0) is 6.42 Å². The van der Waals surface area contributed by atoms with Gasteiger partial charge in [0, 0.05) is 20.4 Å².